The van der Waals surface area contributed by atoms with Gasteiger partial charge in [0.2, 0.25) is 5.91 Å². The summed E-state index contributed by atoms with van der Waals surface area (Å²) >= 11 is 1.62. The van der Waals surface area contributed by atoms with Crippen molar-refractivity contribution < 1.29 is 9.59 Å². The van der Waals surface area contributed by atoms with Gasteiger partial charge in [-0.3, -0.25) is 9.59 Å². The molecule has 1 saturated heterocycles. The van der Waals surface area contributed by atoms with Crippen molar-refractivity contribution in [2.45, 2.75) is 19.4 Å². The van der Waals surface area contributed by atoms with Crippen LogP contribution >= 0.6 is 11.3 Å². The molecule has 0 unspecified atom stereocenters. The maximum absolute atomic E-state index is 12.7. The molecule has 6 nitrogen and oxygen atoms in total. The number of thiazole rings is 1. The summed E-state index contributed by atoms with van der Waals surface area (Å²) in [5.74, 6) is 0.428. The van der Waals surface area contributed by atoms with Gasteiger partial charge in [-0.1, -0.05) is 24.3 Å². The molecule has 0 aliphatic carbocycles. The highest BCUT2D eigenvalue weighted by Gasteiger charge is 2.20. The summed E-state index contributed by atoms with van der Waals surface area (Å²) in [7, 11) is 0. The Bertz CT molecular complexity index is 1230. The number of anilines is 1. The highest BCUT2D eigenvalue weighted by Crippen LogP contribution is 2.29. The lowest BCUT2D eigenvalue weighted by atomic mass is 10.1. The number of fused-ring (bicyclic) bond motifs is 1. The summed E-state index contributed by atoms with van der Waals surface area (Å²) in [6.07, 6.45) is 3.24. The van der Waals surface area contributed by atoms with E-state index in [4.69, 9.17) is 0 Å². The Hall–Kier alpha value is -3.58. The fraction of sp³-hybridized carbons (Fsp3) is 0.167. The molecule has 0 bridgehead atoms. The standard InChI is InChI=1S/C24H20N4O2S/c29-22-9-4-12-28(22)15-16-5-3-6-17(13-16)23(30)27-21-11-10-18(14-25-21)24-26-19-7-1-2-8-20(19)31-24/h1-3,5-8,10-11,13-14H,4,9,12,15H2,(H,25,27,30). The number of nitrogens with one attached hydrogen (secondary N) is 1. The Balaban J connectivity index is 1.28. The first-order valence-corrected chi connectivity index (χ1v) is 11.0. The Morgan fingerprint density at radius 1 is 1.10 bits per heavy atom. The van der Waals surface area contributed by atoms with Gasteiger partial charge in [-0.15, -0.1) is 11.3 Å². The fourth-order valence-corrected chi connectivity index (χ4v) is 4.64. The van der Waals surface area contributed by atoms with E-state index in [2.05, 4.69) is 15.3 Å². The molecule has 1 aliphatic rings. The predicted molar refractivity (Wildman–Crippen MR) is 122 cm³/mol. The number of hydrogen-bond acceptors (Lipinski definition) is 5. The minimum absolute atomic E-state index is 0.173. The Morgan fingerprint density at radius 2 is 2.00 bits per heavy atom. The van der Waals surface area contributed by atoms with Crippen molar-refractivity contribution in [2.24, 2.45) is 0 Å². The molecular weight excluding hydrogens is 408 g/mol. The summed E-state index contributed by atoms with van der Waals surface area (Å²) in [5.41, 5.74) is 3.37. The van der Waals surface area contributed by atoms with Crippen molar-refractivity contribution >= 4 is 39.2 Å². The van der Waals surface area contributed by atoms with Gasteiger partial charge >= 0.3 is 0 Å². The van der Waals surface area contributed by atoms with Crippen LogP contribution in [0.1, 0.15) is 28.8 Å². The molecule has 3 heterocycles. The number of benzene rings is 2. The highest BCUT2D eigenvalue weighted by atomic mass is 32.1. The van der Waals surface area contributed by atoms with Crippen LogP contribution in [0.5, 0.6) is 0 Å². The van der Waals surface area contributed by atoms with Gasteiger partial charge in [0.15, 0.2) is 0 Å². The second-order valence-corrected chi connectivity index (χ2v) is 8.52. The highest BCUT2D eigenvalue weighted by molar-refractivity contribution is 7.21. The maximum Gasteiger partial charge on any atom is 0.256 e. The minimum Gasteiger partial charge on any atom is -0.338 e. The molecule has 1 fully saturated rings. The quantitative estimate of drug-likeness (QED) is 0.499. The average Bonchev–Trinajstić information content (AvgIpc) is 3.40. The number of nitrogens with zero attached hydrogens (tertiary/aromatic N) is 3. The first-order valence-electron chi connectivity index (χ1n) is 10.2. The smallest absolute Gasteiger partial charge is 0.256 e. The van der Waals surface area contributed by atoms with Crippen LogP contribution < -0.4 is 5.32 Å². The predicted octanol–water partition coefficient (Wildman–Crippen LogP) is 4.73. The fourth-order valence-electron chi connectivity index (χ4n) is 3.68. The third-order valence-corrected chi connectivity index (χ3v) is 6.37. The van der Waals surface area contributed by atoms with E-state index in [-0.39, 0.29) is 11.8 Å². The molecule has 5 rings (SSSR count). The van der Waals surface area contributed by atoms with Crippen molar-refractivity contribution in [1.29, 1.82) is 0 Å². The van der Waals surface area contributed by atoms with Crippen LogP contribution in [0.4, 0.5) is 5.82 Å². The topological polar surface area (TPSA) is 75.2 Å². The van der Waals surface area contributed by atoms with Crippen molar-refractivity contribution in [3.8, 4) is 10.6 Å². The zero-order valence-corrected chi connectivity index (χ0v) is 17.6. The molecule has 0 spiro atoms. The largest absolute Gasteiger partial charge is 0.338 e. The zero-order valence-electron chi connectivity index (χ0n) is 16.7. The Kier molecular flexibility index (Phi) is 5.18. The van der Waals surface area contributed by atoms with Crippen LogP contribution in [0.15, 0.2) is 66.9 Å². The number of carbonyl (C=O) groups excluding carboxylic acids is 2. The second-order valence-electron chi connectivity index (χ2n) is 7.49. The van der Waals surface area contributed by atoms with E-state index in [1.165, 1.54) is 0 Å². The third-order valence-electron chi connectivity index (χ3n) is 5.28. The van der Waals surface area contributed by atoms with Crippen molar-refractivity contribution in [3.05, 3.63) is 78.0 Å². The van der Waals surface area contributed by atoms with Gasteiger partial charge < -0.3 is 10.2 Å². The van der Waals surface area contributed by atoms with E-state index in [1.54, 1.807) is 29.7 Å². The SMILES string of the molecule is O=C(Nc1ccc(-c2nc3ccccc3s2)cn1)c1cccc(CN2CCCC2=O)c1. The molecule has 4 aromatic rings. The first-order chi connectivity index (χ1) is 15.2. The van der Waals surface area contributed by atoms with Crippen LogP contribution in [0.2, 0.25) is 0 Å². The molecule has 154 valence electrons. The second kappa shape index (κ2) is 8.28. The number of para-hydroxylation sites is 1. The van der Waals surface area contributed by atoms with Crippen LogP contribution in [-0.4, -0.2) is 33.2 Å². The van der Waals surface area contributed by atoms with Gasteiger partial charge in [-0.2, -0.15) is 0 Å². The summed E-state index contributed by atoms with van der Waals surface area (Å²) in [4.78, 5) is 35.4. The van der Waals surface area contributed by atoms with Crippen molar-refractivity contribution in [3.63, 3.8) is 0 Å². The summed E-state index contributed by atoms with van der Waals surface area (Å²) in [5, 5.41) is 3.74. The van der Waals surface area contributed by atoms with E-state index in [0.717, 1.165) is 39.3 Å². The number of likely N-dealkylation sites (tertiary alicyclic amines) is 1. The third kappa shape index (κ3) is 4.18. The summed E-state index contributed by atoms with van der Waals surface area (Å²) in [6.45, 7) is 1.31. The van der Waals surface area contributed by atoms with Gasteiger partial charge in [0.25, 0.3) is 5.91 Å². The number of rotatable bonds is 5. The molecule has 1 N–H and O–H groups in total. The molecule has 31 heavy (non-hydrogen) atoms. The first kappa shape index (κ1) is 19.4. The van der Waals surface area contributed by atoms with Crippen LogP contribution in [-0.2, 0) is 11.3 Å². The number of amides is 2. The number of hydrogen-bond donors (Lipinski definition) is 1. The molecule has 1 aliphatic heterocycles. The number of pyridine rings is 1. The van der Waals surface area contributed by atoms with E-state index >= 15 is 0 Å². The number of carbonyl (C=O) groups is 2. The molecule has 2 aromatic carbocycles. The molecule has 0 radical (unpaired) electrons. The molecule has 2 amide bonds. The average molecular weight is 429 g/mol. The summed E-state index contributed by atoms with van der Waals surface area (Å²) < 4.78 is 1.13. The molecule has 7 heteroatoms. The van der Waals surface area contributed by atoms with Gasteiger partial charge in [0.1, 0.15) is 10.8 Å². The van der Waals surface area contributed by atoms with E-state index in [9.17, 15) is 9.59 Å². The molecular formula is C24H20N4O2S. The summed E-state index contributed by atoms with van der Waals surface area (Å²) in [6, 6.07) is 19.1. The molecule has 0 atom stereocenters. The number of aromatic nitrogens is 2. The Labute approximate surface area is 183 Å². The van der Waals surface area contributed by atoms with Gasteiger partial charge in [0.05, 0.1) is 10.2 Å². The van der Waals surface area contributed by atoms with E-state index in [0.29, 0.717) is 24.3 Å². The molecule has 0 saturated carbocycles. The van der Waals surface area contributed by atoms with Crippen LogP contribution in [0.3, 0.4) is 0 Å². The maximum atomic E-state index is 12.7. The van der Waals surface area contributed by atoms with Crippen LogP contribution in [0.25, 0.3) is 20.8 Å². The normalized spacial score (nSPS) is 13.7. The van der Waals surface area contributed by atoms with Crippen molar-refractivity contribution in [2.75, 3.05) is 11.9 Å². The lowest BCUT2D eigenvalue weighted by Crippen LogP contribution is -2.24. The van der Waals surface area contributed by atoms with E-state index in [1.807, 2.05) is 53.4 Å². The van der Waals surface area contributed by atoms with Crippen molar-refractivity contribution in [1.82, 2.24) is 14.9 Å². The van der Waals surface area contributed by atoms with Gasteiger partial charge in [-0.05, 0) is 48.4 Å². The van der Waals surface area contributed by atoms with E-state index < -0.39 is 0 Å². The zero-order chi connectivity index (χ0) is 21.2. The van der Waals surface area contributed by atoms with Gasteiger partial charge in [-0.25, -0.2) is 9.97 Å². The Morgan fingerprint density at radius 3 is 2.77 bits per heavy atom. The monoisotopic (exact) mass is 428 g/mol. The van der Waals surface area contributed by atoms with Crippen LogP contribution in [0, 0.1) is 0 Å². The lowest BCUT2D eigenvalue weighted by molar-refractivity contribution is -0.128. The minimum atomic E-state index is -0.227. The lowest BCUT2D eigenvalue weighted by Gasteiger charge is -2.16. The van der Waals surface area contributed by atoms with Gasteiger partial charge in [0, 0.05) is 36.8 Å². The molecule has 2 aromatic heterocycles.